The molecule has 0 atom stereocenters. The molecule has 82 valence electrons. The standard InChI is InChI=1S/C12H11BrN2O/c13-10-5-3-9(4-6-10)8-15-12(16)11-2-1-7-14-11/h1-7,14H,8H2,(H,15,16). The fraction of sp³-hybridized carbons (Fsp3) is 0.0833. The van der Waals surface area contributed by atoms with Crippen molar-refractivity contribution in [3.63, 3.8) is 0 Å². The topological polar surface area (TPSA) is 44.9 Å². The SMILES string of the molecule is O=C(NCc1ccc(Br)cc1)c1ccc[nH]1. The molecular weight excluding hydrogens is 268 g/mol. The van der Waals surface area contributed by atoms with E-state index >= 15 is 0 Å². The van der Waals surface area contributed by atoms with Crippen molar-refractivity contribution < 1.29 is 4.79 Å². The summed E-state index contributed by atoms with van der Waals surface area (Å²) in [6.45, 7) is 0.533. The number of carbonyl (C=O) groups is 1. The number of aromatic nitrogens is 1. The zero-order chi connectivity index (χ0) is 11.4. The fourth-order valence-corrected chi connectivity index (χ4v) is 1.62. The van der Waals surface area contributed by atoms with Gasteiger partial charge in [-0.1, -0.05) is 28.1 Å². The highest BCUT2D eigenvalue weighted by Crippen LogP contribution is 2.10. The Morgan fingerprint density at radius 2 is 2.00 bits per heavy atom. The van der Waals surface area contributed by atoms with Gasteiger partial charge in [0.05, 0.1) is 0 Å². The van der Waals surface area contributed by atoms with Crippen LogP contribution in [0.3, 0.4) is 0 Å². The van der Waals surface area contributed by atoms with Crippen LogP contribution < -0.4 is 5.32 Å². The Balaban J connectivity index is 1.93. The summed E-state index contributed by atoms with van der Waals surface area (Å²) < 4.78 is 1.03. The lowest BCUT2D eigenvalue weighted by atomic mass is 10.2. The highest BCUT2D eigenvalue weighted by molar-refractivity contribution is 9.10. The number of rotatable bonds is 3. The molecule has 1 amide bonds. The summed E-state index contributed by atoms with van der Waals surface area (Å²) in [6, 6.07) is 11.4. The fourth-order valence-electron chi connectivity index (χ4n) is 1.35. The molecular formula is C12H11BrN2O. The lowest BCUT2D eigenvalue weighted by Gasteiger charge is -2.03. The van der Waals surface area contributed by atoms with Crippen LogP contribution >= 0.6 is 15.9 Å². The van der Waals surface area contributed by atoms with Gasteiger partial charge in [-0.15, -0.1) is 0 Å². The second kappa shape index (κ2) is 4.99. The predicted molar refractivity (Wildman–Crippen MR) is 66.1 cm³/mol. The van der Waals surface area contributed by atoms with Gasteiger partial charge >= 0.3 is 0 Å². The van der Waals surface area contributed by atoms with Gasteiger partial charge in [0.2, 0.25) is 0 Å². The molecule has 0 radical (unpaired) electrons. The minimum atomic E-state index is -0.0899. The van der Waals surface area contributed by atoms with E-state index in [-0.39, 0.29) is 5.91 Å². The maximum absolute atomic E-state index is 11.6. The zero-order valence-corrected chi connectivity index (χ0v) is 10.1. The van der Waals surface area contributed by atoms with Crippen molar-refractivity contribution in [2.24, 2.45) is 0 Å². The first-order valence-corrected chi connectivity index (χ1v) is 5.71. The Kier molecular flexibility index (Phi) is 3.41. The monoisotopic (exact) mass is 278 g/mol. The predicted octanol–water partition coefficient (Wildman–Crippen LogP) is 2.71. The average molecular weight is 279 g/mol. The van der Waals surface area contributed by atoms with Crippen LogP contribution in [0.4, 0.5) is 0 Å². The third-order valence-corrected chi connectivity index (χ3v) is 2.74. The second-order valence-corrected chi connectivity index (χ2v) is 4.31. The molecule has 0 aliphatic carbocycles. The number of nitrogens with one attached hydrogen (secondary N) is 2. The van der Waals surface area contributed by atoms with Gasteiger partial charge in [0, 0.05) is 17.2 Å². The van der Waals surface area contributed by atoms with Gasteiger partial charge < -0.3 is 10.3 Å². The van der Waals surface area contributed by atoms with Gasteiger partial charge in [-0.25, -0.2) is 0 Å². The van der Waals surface area contributed by atoms with Crippen LogP contribution in [-0.2, 0) is 6.54 Å². The largest absolute Gasteiger partial charge is 0.357 e. The van der Waals surface area contributed by atoms with Crippen LogP contribution in [0.2, 0.25) is 0 Å². The molecule has 4 heteroatoms. The van der Waals surface area contributed by atoms with Crippen LogP contribution in [-0.4, -0.2) is 10.9 Å². The first-order chi connectivity index (χ1) is 7.75. The van der Waals surface area contributed by atoms with Crippen molar-refractivity contribution in [3.05, 3.63) is 58.3 Å². The summed E-state index contributed by atoms with van der Waals surface area (Å²) in [4.78, 5) is 14.5. The first-order valence-electron chi connectivity index (χ1n) is 4.92. The molecule has 1 heterocycles. The van der Waals surface area contributed by atoms with Crippen LogP contribution in [0.5, 0.6) is 0 Å². The molecule has 0 spiro atoms. The maximum Gasteiger partial charge on any atom is 0.267 e. The number of H-pyrrole nitrogens is 1. The molecule has 0 aliphatic heterocycles. The van der Waals surface area contributed by atoms with Crippen LogP contribution in [0.1, 0.15) is 16.1 Å². The Labute approximate surface area is 102 Å². The lowest BCUT2D eigenvalue weighted by molar-refractivity contribution is 0.0946. The Morgan fingerprint density at radius 3 is 2.62 bits per heavy atom. The molecule has 2 rings (SSSR count). The lowest BCUT2D eigenvalue weighted by Crippen LogP contribution is -2.22. The first kappa shape index (κ1) is 11.0. The third kappa shape index (κ3) is 2.73. The van der Waals surface area contributed by atoms with Gasteiger partial charge in [-0.05, 0) is 29.8 Å². The van der Waals surface area contributed by atoms with E-state index in [1.54, 1.807) is 18.3 Å². The normalized spacial score (nSPS) is 10.1. The van der Waals surface area contributed by atoms with Gasteiger partial charge in [-0.2, -0.15) is 0 Å². The van der Waals surface area contributed by atoms with Gasteiger partial charge in [0.15, 0.2) is 0 Å². The maximum atomic E-state index is 11.6. The second-order valence-electron chi connectivity index (χ2n) is 3.39. The van der Waals surface area contributed by atoms with Gasteiger partial charge in [-0.3, -0.25) is 4.79 Å². The Hall–Kier alpha value is -1.55. The number of aromatic amines is 1. The number of halogens is 1. The van der Waals surface area contributed by atoms with E-state index in [1.165, 1.54) is 0 Å². The van der Waals surface area contributed by atoms with E-state index in [1.807, 2.05) is 24.3 Å². The van der Waals surface area contributed by atoms with Crippen molar-refractivity contribution in [2.45, 2.75) is 6.54 Å². The third-order valence-electron chi connectivity index (χ3n) is 2.21. The highest BCUT2D eigenvalue weighted by Gasteiger charge is 2.04. The Morgan fingerprint density at radius 1 is 1.25 bits per heavy atom. The number of amides is 1. The molecule has 0 fully saturated rings. The molecule has 2 aromatic rings. The van der Waals surface area contributed by atoms with E-state index in [0.717, 1.165) is 10.0 Å². The molecule has 0 saturated heterocycles. The molecule has 1 aromatic heterocycles. The van der Waals surface area contributed by atoms with Crippen molar-refractivity contribution in [1.29, 1.82) is 0 Å². The number of hydrogen-bond donors (Lipinski definition) is 2. The average Bonchev–Trinajstić information content (AvgIpc) is 2.81. The van der Waals surface area contributed by atoms with Crippen molar-refractivity contribution in [2.75, 3.05) is 0 Å². The van der Waals surface area contributed by atoms with Crippen LogP contribution in [0.25, 0.3) is 0 Å². The van der Waals surface area contributed by atoms with Crippen LogP contribution in [0.15, 0.2) is 47.1 Å². The summed E-state index contributed by atoms with van der Waals surface area (Å²) in [5.74, 6) is -0.0899. The summed E-state index contributed by atoms with van der Waals surface area (Å²) in [5, 5.41) is 2.84. The summed E-state index contributed by atoms with van der Waals surface area (Å²) in [6.07, 6.45) is 1.73. The highest BCUT2D eigenvalue weighted by atomic mass is 79.9. The summed E-state index contributed by atoms with van der Waals surface area (Å²) in [7, 11) is 0. The Bertz CT molecular complexity index is 462. The molecule has 2 N–H and O–H groups in total. The zero-order valence-electron chi connectivity index (χ0n) is 8.53. The molecule has 1 aromatic carbocycles. The molecule has 0 aliphatic rings. The van der Waals surface area contributed by atoms with Crippen molar-refractivity contribution in [1.82, 2.24) is 10.3 Å². The van der Waals surface area contributed by atoms with Crippen molar-refractivity contribution >= 4 is 21.8 Å². The molecule has 16 heavy (non-hydrogen) atoms. The van der Waals surface area contributed by atoms with Crippen LogP contribution in [0, 0.1) is 0 Å². The van der Waals surface area contributed by atoms with Crippen molar-refractivity contribution in [3.8, 4) is 0 Å². The summed E-state index contributed by atoms with van der Waals surface area (Å²) >= 11 is 3.36. The molecule has 0 bridgehead atoms. The van der Waals surface area contributed by atoms with Gasteiger partial charge in [0.25, 0.3) is 5.91 Å². The minimum Gasteiger partial charge on any atom is -0.357 e. The number of hydrogen-bond acceptors (Lipinski definition) is 1. The summed E-state index contributed by atoms with van der Waals surface area (Å²) in [5.41, 5.74) is 1.65. The van der Waals surface area contributed by atoms with Gasteiger partial charge in [0.1, 0.15) is 5.69 Å². The number of carbonyl (C=O) groups excluding carboxylic acids is 1. The molecule has 0 unspecified atom stereocenters. The van der Waals surface area contributed by atoms with E-state index in [9.17, 15) is 4.79 Å². The van der Waals surface area contributed by atoms with E-state index in [2.05, 4.69) is 26.2 Å². The van der Waals surface area contributed by atoms with E-state index < -0.39 is 0 Å². The number of benzene rings is 1. The molecule has 3 nitrogen and oxygen atoms in total. The van der Waals surface area contributed by atoms with E-state index in [0.29, 0.717) is 12.2 Å². The smallest absolute Gasteiger partial charge is 0.267 e. The minimum absolute atomic E-state index is 0.0899. The van der Waals surface area contributed by atoms with E-state index in [4.69, 9.17) is 0 Å². The molecule has 0 saturated carbocycles. The quantitative estimate of drug-likeness (QED) is 0.891.